The van der Waals surface area contributed by atoms with Crippen LogP contribution in [0.5, 0.6) is 0 Å². The van der Waals surface area contributed by atoms with Crippen LogP contribution in [0.1, 0.15) is 26.7 Å². The van der Waals surface area contributed by atoms with Crippen LogP contribution in [0.4, 0.5) is 8.78 Å². The zero-order chi connectivity index (χ0) is 21.0. The number of aromatic nitrogens is 1. The number of amides is 1. The summed E-state index contributed by atoms with van der Waals surface area (Å²) in [6, 6.07) is 11.6. The third-order valence-electron chi connectivity index (χ3n) is 4.44. The predicted molar refractivity (Wildman–Crippen MR) is 104 cm³/mol. The van der Waals surface area contributed by atoms with Crippen molar-refractivity contribution in [3.63, 3.8) is 0 Å². The SMILES string of the molecule is Cc1cc(S(=O)(=O)C(CNC(=O)c2ccc(F)cc2)c2cccnc2)ccc1F. The molecule has 1 N–H and O–H groups in total. The van der Waals surface area contributed by atoms with E-state index in [9.17, 15) is 22.0 Å². The Bertz CT molecular complexity index is 1120. The van der Waals surface area contributed by atoms with E-state index < -0.39 is 32.6 Å². The Morgan fingerprint density at radius 1 is 1.10 bits per heavy atom. The average molecular weight is 416 g/mol. The number of sulfone groups is 1. The normalized spacial score (nSPS) is 12.4. The summed E-state index contributed by atoms with van der Waals surface area (Å²) in [7, 11) is -3.96. The van der Waals surface area contributed by atoms with Crippen molar-refractivity contribution in [1.82, 2.24) is 10.3 Å². The Balaban J connectivity index is 1.91. The lowest BCUT2D eigenvalue weighted by Gasteiger charge is -2.19. The van der Waals surface area contributed by atoms with Gasteiger partial charge in [0.05, 0.1) is 4.90 Å². The smallest absolute Gasteiger partial charge is 0.251 e. The van der Waals surface area contributed by atoms with Crippen molar-refractivity contribution in [2.24, 2.45) is 0 Å². The Kier molecular flexibility index (Phi) is 6.03. The highest BCUT2D eigenvalue weighted by molar-refractivity contribution is 7.91. The van der Waals surface area contributed by atoms with Gasteiger partial charge in [0, 0.05) is 24.5 Å². The summed E-state index contributed by atoms with van der Waals surface area (Å²) in [5, 5.41) is 1.44. The first-order valence-electron chi connectivity index (χ1n) is 8.73. The lowest BCUT2D eigenvalue weighted by atomic mass is 10.2. The number of nitrogens with zero attached hydrogens (tertiary/aromatic N) is 1. The zero-order valence-corrected chi connectivity index (χ0v) is 16.3. The lowest BCUT2D eigenvalue weighted by molar-refractivity contribution is 0.0953. The molecule has 0 radical (unpaired) electrons. The number of benzene rings is 2. The average Bonchev–Trinajstić information content (AvgIpc) is 2.71. The van der Waals surface area contributed by atoms with Gasteiger partial charge in [-0.05, 0) is 66.6 Å². The van der Waals surface area contributed by atoms with Crippen LogP contribution in [0.15, 0.2) is 71.9 Å². The number of carbonyl (C=O) groups excluding carboxylic acids is 1. The summed E-state index contributed by atoms with van der Waals surface area (Å²) in [4.78, 5) is 16.3. The van der Waals surface area contributed by atoms with Gasteiger partial charge in [0.1, 0.15) is 16.9 Å². The van der Waals surface area contributed by atoms with Crippen LogP contribution >= 0.6 is 0 Å². The predicted octanol–water partition coefficient (Wildman–Crippen LogP) is 3.61. The molecule has 5 nitrogen and oxygen atoms in total. The Hall–Kier alpha value is -3.13. The van der Waals surface area contributed by atoms with Crippen LogP contribution in [0, 0.1) is 18.6 Å². The van der Waals surface area contributed by atoms with Crippen LogP contribution in [0.25, 0.3) is 0 Å². The maximum absolute atomic E-state index is 13.6. The maximum Gasteiger partial charge on any atom is 0.251 e. The quantitative estimate of drug-likeness (QED) is 0.623. The summed E-state index contributed by atoms with van der Waals surface area (Å²) >= 11 is 0. The molecule has 1 heterocycles. The van der Waals surface area contributed by atoms with Gasteiger partial charge in [-0.2, -0.15) is 0 Å². The number of aryl methyl sites for hydroxylation is 1. The molecule has 0 aliphatic carbocycles. The molecular formula is C21H18F2N2O3S. The molecule has 150 valence electrons. The summed E-state index contributed by atoms with van der Waals surface area (Å²) in [5.41, 5.74) is 0.784. The van der Waals surface area contributed by atoms with Gasteiger partial charge in [0.25, 0.3) is 5.91 Å². The number of pyridine rings is 1. The van der Waals surface area contributed by atoms with Gasteiger partial charge < -0.3 is 5.32 Å². The van der Waals surface area contributed by atoms with E-state index in [1.165, 1.54) is 43.6 Å². The second kappa shape index (κ2) is 8.48. The lowest BCUT2D eigenvalue weighted by Crippen LogP contribution is -2.32. The standard InChI is InChI=1S/C21H18F2N2O3S/c1-14-11-18(8-9-19(14)23)29(27,28)20(16-3-2-10-24-12-16)13-25-21(26)15-4-6-17(22)7-5-15/h2-12,20H,13H2,1H3,(H,25,26). The Labute approximate surface area is 167 Å². The van der Waals surface area contributed by atoms with Gasteiger partial charge in [-0.1, -0.05) is 6.07 Å². The third kappa shape index (κ3) is 4.65. The van der Waals surface area contributed by atoms with Gasteiger partial charge in [0.15, 0.2) is 9.84 Å². The first-order chi connectivity index (χ1) is 13.8. The zero-order valence-electron chi connectivity index (χ0n) is 15.5. The van der Waals surface area contributed by atoms with E-state index in [-0.39, 0.29) is 22.6 Å². The topological polar surface area (TPSA) is 76.1 Å². The molecule has 0 fully saturated rings. The number of carbonyl (C=O) groups is 1. The highest BCUT2D eigenvalue weighted by atomic mass is 32.2. The Morgan fingerprint density at radius 2 is 1.83 bits per heavy atom. The molecule has 0 saturated heterocycles. The summed E-state index contributed by atoms with van der Waals surface area (Å²) in [6.07, 6.45) is 2.91. The molecule has 0 spiro atoms. The number of nitrogens with one attached hydrogen (secondary N) is 1. The third-order valence-corrected chi connectivity index (χ3v) is 6.54. The monoisotopic (exact) mass is 416 g/mol. The Morgan fingerprint density at radius 3 is 2.45 bits per heavy atom. The summed E-state index contributed by atoms with van der Waals surface area (Å²) in [5.74, 6) is -1.53. The van der Waals surface area contributed by atoms with Crippen molar-refractivity contribution >= 4 is 15.7 Å². The summed E-state index contributed by atoms with van der Waals surface area (Å²) < 4.78 is 53.1. The van der Waals surface area contributed by atoms with E-state index in [0.717, 1.165) is 18.2 Å². The van der Waals surface area contributed by atoms with Crippen molar-refractivity contribution in [3.8, 4) is 0 Å². The molecule has 1 aromatic heterocycles. The molecule has 0 aliphatic heterocycles. The van der Waals surface area contributed by atoms with Crippen molar-refractivity contribution < 1.29 is 22.0 Å². The van der Waals surface area contributed by atoms with Crippen LogP contribution in [0.3, 0.4) is 0 Å². The van der Waals surface area contributed by atoms with Crippen LogP contribution in [-0.4, -0.2) is 25.9 Å². The van der Waals surface area contributed by atoms with Crippen molar-refractivity contribution in [3.05, 3.63) is 95.3 Å². The number of rotatable bonds is 6. The first-order valence-corrected chi connectivity index (χ1v) is 10.3. The molecule has 0 aliphatic rings. The van der Waals surface area contributed by atoms with E-state index in [1.807, 2.05) is 0 Å². The minimum absolute atomic E-state index is 0.0544. The molecule has 1 atom stereocenters. The molecule has 29 heavy (non-hydrogen) atoms. The fraction of sp³-hybridized carbons (Fsp3) is 0.143. The van der Waals surface area contributed by atoms with Gasteiger partial charge in [0.2, 0.25) is 0 Å². The largest absolute Gasteiger partial charge is 0.350 e. The van der Waals surface area contributed by atoms with Crippen molar-refractivity contribution in [2.75, 3.05) is 6.54 Å². The number of hydrogen-bond acceptors (Lipinski definition) is 4. The minimum atomic E-state index is -3.96. The maximum atomic E-state index is 13.6. The minimum Gasteiger partial charge on any atom is -0.350 e. The molecule has 3 aromatic rings. The fourth-order valence-electron chi connectivity index (χ4n) is 2.82. The highest BCUT2D eigenvalue weighted by Crippen LogP contribution is 2.29. The van der Waals surface area contributed by atoms with E-state index in [0.29, 0.717) is 5.56 Å². The van der Waals surface area contributed by atoms with Crippen LogP contribution in [0.2, 0.25) is 0 Å². The van der Waals surface area contributed by atoms with Gasteiger partial charge in [-0.3, -0.25) is 9.78 Å². The molecule has 0 saturated carbocycles. The summed E-state index contributed by atoms with van der Waals surface area (Å²) in [6.45, 7) is 1.24. The van der Waals surface area contributed by atoms with Crippen LogP contribution < -0.4 is 5.32 Å². The van der Waals surface area contributed by atoms with E-state index in [2.05, 4.69) is 10.3 Å². The first kappa shape index (κ1) is 20.6. The van der Waals surface area contributed by atoms with E-state index in [4.69, 9.17) is 0 Å². The second-order valence-corrected chi connectivity index (χ2v) is 8.58. The molecule has 3 rings (SSSR count). The van der Waals surface area contributed by atoms with Gasteiger partial charge >= 0.3 is 0 Å². The van der Waals surface area contributed by atoms with Crippen molar-refractivity contribution in [1.29, 1.82) is 0 Å². The highest BCUT2D eigenvalue weighted by Gasteiger charge is 2.30. The molecule has 2 aromatic carbocycles. The van der Waals surface area contributed by atoms with Crippen molar-refractivity contribution in [2.45, 2.75) is 17.1 Å². The second-order valence-electron chi connectivity index (χ2n) is 6.45. The number of hydrogen-bond donors (Lipinski definition) is 1. The van der Waals surface area contributed by atoms with Crippen LogP contribution in [-0.2, 0) is 9.84 Å². The van der Waals surface area contributed by atoms with E-state index in [1.54, 1.807) is 12.1 Å². The molecule has 1 unspecified atom stereocenters. The van der Waals surface area contributed by atoms with Gasteiger partial charge in [-0.25, -0.2) is 17.2 Å². The van der Waals surface area contributed by atoms with E-state index >= 15 is 0 Å². The molecular weight excluding hydrogens is 398 g/mol. The molecule has 1 amide bonds. The molecule has 8 heteroatoms. The van der Waals surface area contributed by atoms with Gasteiger partial charge in [-0.15, -0.1) is 0 Å². The fourth-order valence-corrected chi connectivity index (χ4v) is 4.55. The molecule has 0 bridgehead atoms. The number of halogens is 2.